The second-order valence-corrected chi connectivity index (χ2v) is 5.58. The molecule has 3 nitrogen and oxygen atoms in total. The van der Waals surface area contributed by atoms with E-state index < -0.39 is 11.2 Å². The van der Waals surface area contributed by atoms with E-state index in [9.17, 15) is 15.0 Å². The number of rotatable bonds is 6. The fourth-order valence-electron chi connectivity index (χ4n) is 1.45. The highest BCUT2D eigenvalue weighted by molar-refractivity contribution is 5.87. The number of hydrogen-bond donors (Lipinski definition) is 2. The molecule has 0 bridgehead atoms. The largest absolute Gasteiger partial charge is 0.390 e. The van der Waals surface area contributed by atoms with Crippen molar-refractivity contribution in [2.24, 2.45) is 5.92 Å². The van der Waals surface area contributed by atoms with Gasteiger partial charge in [-0.2, -0.15) is 0 Å². The molecule has 0 aliphatic carbocycles. The molecular weight excluding hydrogens is 204 g/mol. The van der Waals surface area contributed by atoms with Gasteiger partial charge in [0.15, 0.2) is 5.78 Å². The van der Waals surface area contributed by atoms with E-state index in [1.165, 1.54) is 13.0 Å². The van der Waals surface area contributed by atoms with Gasteiger partial charge in [-0.15, -0.1) is 0 Å². The number of allylic oxidation sites excluding steroid dienone is 1. The van der Waals surface area contributed by atoms with Gasteiger partial charge in [-0.3, -0.25) is 4.79 Å². The summed E-state index contributed by atoms with van der Waals surface area (Å²) in [6, 6.07) is 0. The van der Waals surface area contributed by atoms with Gasteiger partial charge in [-0.25, -0.2) is 0 Å². The third kappa shape index (κ3) is 7.60. The summed E-state index contributed by atoms with van der Waals surface area (Å²) in [4.78, 5) is 10.9. The standard InChI is InChI=1S/C13H24O3/c1-10(14)6-7-11(13(4,5)16)8-9-12(2,3)15/h6-7,11,15-16H,8-9H2,1-5H3/b7-6+. The minimum absolute atomic E-state index is 0.0301. The van der Waals surface area contributed by atoms with Crippen LogP contribution in [0.25, 0.3) is 0 Å². The highest BCUT2D eigenvalue weighted by Crippen LogP contribution is 2.26. The molecule has 0 fully saturated rings. The summed E-state index contributed by atoms with van der Waals surface area (Å²) in [5.41, 5.74) is -1.62. The molecule has 94 valence electrons. The van der Waals surface area contributed by atoms with Crippen LogP contribution in [0.15, 0.2) is 12.2 Å². The van der Waals surface area contributed by atoms with Crippen LogP contribution in [-0.2, 0) is 4.79 Å². The lowest BCUT2D eigenvalue weighted by atomic mass is 9.84. The molecule has 0 heterocycles. The Balaban J connectivity index is 4.52. The van der Waals surface area contributed by atoms with Crippen LogP contribution in [0.1, 0.15) is 47.5 Å². The topological polar surface area (TPSA) is 57.5 Å². The first-order chi connectivity index (χ1) is 7.02. The van der Waals surface area contributed by atoms with Gasteiger partial charge in [0.2, 0.25) is 0 Å². The Hall–Kier alpha value is -0.670. The van der Waals surface area contributed by atoms with Crippen LogP contribution < -0.4 is 0 Å². The molecule has 0 amide bonds. The van der Waals surface area contributed by atoms with Crippen molar-refractivity contribution in [3.63, 3.8) is 0 Å². The summed E-state index contributed by atoms with van der Waals surface area (Å²) in [7, 11) is 0. The van der Waals surface area contributed by atoms with E-state index in [1.54, 1.807) is 33.8 Å². The Morgan fingerprint density at radius 1 is 1.25 bits per heavy atom. The van der Waals surface area contributed by atoms with E-state index >= 15 is 0 Å². The fraction of sp³-hybridized carbons (Fsp3) is 0.769. The molecule has 1 atom stereocenters. The molecule has 0 saturated carbocycles. The maximum absolute atomic E-state index is 10.9. The summed E-state index contributed by atoms with van der Waals surface area (Å²) in [6.07, 6.45) is 4.45. The molecule has 0 saturated heterocycles. The third-order valence-corrected chi connectivity index (χ3v) is 2.54. The first-order valence-electron chi connectivity index (χ1n) is 5.66. The summed E-state index contributed by atoms with van der Waals surface area (Å²) in [5, 5.41) is 19.6. The molecule has 16 heavy (non-hydrogen) atoms. The third-order valence-electron chi connectivity index (χ3n) is 2.54. The summed E-state index contributed by atoms with van der Waals surface area (Å²) in [5.74, 6) is -0.152. The first kappa shape index (κ1) is 15.3. The predicted molar refractivity (Wildman–Crippen MR) is 65.1 cm³/mol. The second kappa shape index (κ2) is 5.60. The zero-order chi connectivity index (χ0) is 13.0. The average Bonchev–Trinajstić information content (AvgIpc) is 1.98. The van der Waals surface area contributed by atoms with Gasteiger partial charge < -0.3 is 10.2 Å². The number of aliphatic hydroxyl groups is 2. The van der Waals surface area contributed by atoms with Crippen LogP contribution >= 0.6 is 0 Å². The van der Waals surface area contributed by atoms with E-state index in [0.29, 0.717) is 12.8 Å². The van der Waals surface area contributed by atoms with Crippen molar-refractivity contribution in [3.05, 3.63) is 12.2 Å². The van der Waals surface area contributed by atoms with E-state index in [1.807, 2.05) is 0 Å². The monoisotopic (exact) mass is 228 g/mol. The number of carbonyl (C=O) groups excluding carboxylic acids is 1. The Kier molecular flexibility index (Phi) is 5.36. The molecule has 0 aliphatic heterocycles. The van der Waals surface area contributed by atoms with E-state index in [4.69, 9.17) is 0 Å². The minimum atomic E-state index is -0.878. The van der Waals surface area contributed by atoms with Gasteiger partial charge >= 0.3 is 0 Å². The van der Waals surface area contributed by atoms with Gasteiger partial charge in [-0.1, -0.05) is 6.08 Å². The van der Waals surface area contributed by atoms with Crippen LogP contribution in [0.4, 0.5) is 0 Å². The molecule has 0 aromatic rings. The van der Waals surface area contributed by atoms with Crippen LogP contribution in [0.3, 0.4) is 0 Å². The molecular formula is C13H24O3. The van der Waals surface area contributed by atoms with Crippen LogP contribution in [0.2, 0.25) is 0 Å². The van der Waals surface area contributed by atoms with Crippen molar-refractivity contribution in [2.45, 2.75) is 58.7 Å². The van der Waals surface area contributed by atoms with Crippen molar-refractivity contribution in [1.29, 1.82) is 0 Å². The number of hydrogen-bond acceptors (Lipinski definition) is 3. The maximum atomic E-state index is 10.9. The average molecular weight is 228 g/mol. The van der Waals surface area contributed by atoms with Crippen LogP contribution in [0, 0.1) is 5.92 Å². The maximum Gasteiger partial charge on any atom is 0.152 e. The lowest BCUT2D eigenvalue weighted by molar-refractivity contribution is -0.112. The minimum Gasteiger partial charge on any atom is -0.390 e. The van der Waals surface area contributed by atoms with Crippen LogP contribution in [0.5, 0.6) is 0 Å². The van der Waals surface area contributed by atoms with E-state index in [-0.39, 0.29) is 11.7 Å². The number of ketones is 1. The molecule has 0 rings (SSSR count). The molecule has 0 aliphatic rings. The molecule has 1 unspecified atom stereocenters. The van der Waals surface area contributed by atoms with Crippen molar-refractivity contribution < 1.29 is 15.0 Å². The molecule has 0 radical (unpaired) electrons. The summed E-state index contributed by atoms with van der Waals surface area (Å²) in [6.45, 7) is 8.39. The molecule has 2 N–H and O–H groups in total. The van der Waals surface area contributed by atoms with Gasteiger partial charge in [0.05, 0.1) is 11.2 Å². The van der Waals surface area contributed by atoms with Crippen molar-refractivity contribution in [3.8, 4) is 0 Å². The lowest BCUT2D eigenvalue weighted by Crippen LogP contribution is -2.31. The zero-order valence-electron chi connectivity index (χ0n) is 10.9. The molecule has 0 aromatic heterocycles. The molecule has 0 aromatic carbocycles. The Morgan fingerprint density at radius 2 is 1.75 bits per heavy atom. The smallest absolute Gasteiger partial charge is 0.152 e. The van der Waals surface area contributed by atoms with Gasteiger partial charge in [0, 0.05) is 5.92 Å². The Labute approximate surface area is 98.2 Å². The predicted octanol–water partition coefficient (Wildman–Crippen LogP) is 2.07. The van der Waals surface area contributed by atoms with Gasteiger partial charge in [0.1, 0.15) is 0 Å². The van der Waals surface area contributed by atoms with Crippen molar-refractivity contribution >= 4 is 5.78 Å². The summed E-state index contributed by atoms with van der Waals surface area (Å²) >= 11 is 0. The lowest BCUT2D eigenvalue weighted by Gasteiger charge is -2.29. The summed E-state index contributed by atoms with van der Waals surface area (Å²) < 4.78 is 0. The van der Waals surface area contributed by atoms with Crippen molar-refractivity contribution in [2.75, 3.05) is 0 Å². The number of carbonyl (C=O) groups is 1. The Bertz CT molecular complexity index is 253. The highest BCUT2D eigenvalue weighted by Gasteiger charge is 2.26. The van der Waals surface area contributed by atoms with Crippen molar-refractivity contribution in [1.82, 2.24) is 0 Å². The normalized spacial score (nSPS) is 15.4. The van der Waals surface area contributed by atoms with Gasteiger partial charge in [-0.05, 0) is 53.5 Å². The van der Waals surface area contributed by atoms with E-state index in [0.717, 1.165) is 0 Å². The van der Waals surface area contributed by atoms with E-state index in [2.05, 4.69) is 0 Å². The second-order valence-electron chi connectivity index (χ2n) is 5.58. The molecule has 0 spiro atoms. The zero-order valence-corrected chi connectivity index (χ0v) is 10.9. The quantitative estimate of drug-likeness (QED) is 0.684. The molecule has 3 heteroatoms. The fourth-order valence-corrected chi connectivity index (χ4v) is 1.45. The SMILES string of the molecule is CC(=O)/C=C/C(CCC(C)(C)O)C(C)(C)O. The van der Waals surface area contributed by atoms with Gasteiger partial charge in [0.25, 0.3) is 0 Å². The first-order valence-corrected chi connectivity index (χ1v) is 5.66. The van der Waals surface area contributed by atoms with Crippen LogP contribution in [-0.4, -0.2) is 27.2 Å². The highest BCUT2D eigenvalue weighted by atomic mass is 16.3. The Morgan fingerprint density at radius 3 is 2.06 bits per heavy atom.